The van der Waals surface area contributed by atoms with Crippen molar-refractivity contribution in [2.45, 2.75) is 0 Å². The number of amides is 1. The maximum absolute atomic E-state index is 11.6. The Balaban J connectivity index is 3.60. The number of hydrogen-bond donors (Lipinski definition) is 1. The van der Waals surface area contributed by atoms with Crippen LogP contribution in [0.4, 0.5) is 17.1 Å². The third-order valence-corrected chi connectivity index (χ3v) is 3.49. The van der Waals surface area contributed by atoms with Gasteiger partial charge in [-0.25, -0.2) is 0 Å². The minimum atomic E-state index is -1.09. The first-order valence-corrected chi connectivity index (χ1v) is 6.35. The summed E-state index contributed by atoms with van der Waals surface area (Å²) in [7, 11) is 0. The second kappa shape index (κ2) is 6.90. The molecule has 1 N–H and O–H groups in total. The fourth-order valence-electron chi connectivity index (χ4n) is 1.26. The van der Waals surface area contributed by atoms with Crippen molar-refractivity contribution in [1.82, 2.24) is 0 Å². The van der Waals surface area contributed by atoms with Crippen LogP contribution in [-0.4, -0.2) is 15.8 Å². The molecule has 0 saturated carbocycles. The summed E-state index contributed by atoms with van der Waals surface area (Å²) >= 11 is 21.9. The van der Waals surface area contributed by atoms with E-state index in [9.17, 15) is 25.0 Å². The molecule has 0 aliphatic carbocycles. The Morgan fingerprint density at radius 2 is 1.81 bits per heavy atom. The highest BCUT2D eigenvalue weighted by Gasteiger charge is 2.32. The summed E-state index contributed by atoms with van der Waals surface area (Å²) in [6.07, 6.45) is 0. The van der Waals surface area contributed by atoms with E-state index in [4.69, 9.17) is 46.4 Å². The fraction of sp³-hybridized carbons (Fsp3) is 0. The largest absolute Gasteiger partial charge is 0.319 e. The Kier molecular flexibility index (Phi) is 5.73. The number of halogens is 4. The fourth-order valence-corrected chi connectivity index (χ4v) is 1.82. The maximum Gasteiger partial charge on any atom is 0.319 e. The second-order valence-electron chi connectivity index (χ2n) is 3.34. The lowest BCUT2D eigenvalue weighted by molar-refractivity contribution is -0.392. The minimum Gasteiger partial charge on any atom is -0.310 e. The molecule has 1 aromatic carbocycles. The summed E-state index contributed by atoms with van der Waals surface area (Å²) in [4.78, 5) is 31.5. The highest BCUT2D eigenvalue weighted by Crippen LogP contribution is 2.44. The highest BCUT2D eigenvalue weighted by molar-refractivity contribution is 6.48. The third kappa shape index (κ3) is 3.73. The molecule has 0 heterocycles. The van der Waals surface area contributed by atoms with Crippen molar-refractivity contribution in [3.63, 3.8) is 0 Å². The van der Waals surface area contributed by atoms with Gasteiger partial charge in [0.25, 0.3) is 5.91 Å². The standard InChI is InChI=1S/C9H3Cl4N3O5/c10-2-4(12)9(17)14-7-5(15(18)19)1-3(11)6(13)8(7)16(20)21/h1-2H,(H,14,17)/b4-2-. The van der Waals surface area contributed by atoms with Gasteiger partial charge in [-0.3, -0.25) is 25.0 Å². The molecule has 0 unspecified atom stereocenters. The lowest BCUT2D eigenvalue weighted by Gasteiger charge is -2.08. The number of anilines is 1. The topological polar surface area (TPSA) is 115 Å². The summed E-state index contributed by atoms with van der Waals surface area (Å²) < 4.78 is 0. The molecular formula is C9H3Cl4N3O5. The van der Waals surface area contributed by atoms with Crippen LogP contribution in [0.15, 0.2) is 16.6 Å². The van der Waals surface area contributed by atoms with Crippen LogP contribution in [0.25, 0.3) is 0 Å². The Bertz CT molecular complexity index is 676. The Hall–Kier alpha value is -1.61. The molecule has 0 atom stereocenters. The number of hydrogen-bond acceptors (Lipinski definition) is 5. The summed E-state index contributed by atoms with van der Waals surface area (Å²) in [6, 6.07) is 0.769. The number of nitro benzene ring substituents is 2. The van der Waals surface area contributed by atoms with Gasteiger partial charge < -0.3 is 5.32 Å². The normalized spacial score (nSPS) is 11.1. The molecule has 8 nitrogen and oxygen atoms in total. The Morgan fingerprint density at radius 1 is 1.24 bits per heavy atom. The van der Waals surface area contributed by atoms with Crippen molar-refractivity contribution >= 4 is 69.4 Å². The molecule has 1 amide bonds. The molecule has 12 heteroatoms. The number of nitrogens with one attached hydrogen (secondary N) is 1. The molecule has 0 aliphatic heterocycles. The zero-order valence-electron chi connectivity index (χ0n) is 9.60. The van der Waals surface area contributed by atoms with Crippen LogP contribution >= 0.6 is 46.4 Å². The maximum atomic E-state index is 11.6. The van der Waals surface area contributed by atoms with Crippen LogP contribution in [0.3, 0.4) is 0 Å². The van der Waals surface area contributed by atoms with Crippen LogP contribution in [-0.2, 0) is 4.79 Å². The number of rotatable bonds is 4. The van der Waals surface area contributed by atoms with Crippen LogP contribution in [0.1, 0.15) is 0 Å². The van der Waals surface area contributed by atoms with E-state index in [1.54, 1.807) is 0 Å². The van der Waals surface area contributed by atoms with Crippen LogP contribution in [0, 0.1) is 20.2 Å². The van der Waals surface area contributed by atoms with E-state index >= 15 is 0 Å². The molecule has 0 fully saturated rings. The van der Waals surface area contributed by atoms with Crippen LogP contribution < -0.4 is 5.32 Å². The molecular weight excluding hydrogens is 372 g/mol. The quantitative estimate of drug-likeness (QED) is 0.484. The predicted molar refractivity (Wildman–Crippen MR) is 78.2 cm³/mol. The summed E-state index contributed by atoms with van der Waals surface area (Å²) in [5, 5.41) is 22.3. The van der Waals surface area contributed by atoms with E-state index in [-0.39, 0.29) is 0 Å². The third-order valence-electron chi connectivity index (χ3n) is 2.10. The van der Waals surface area contributed by atoms with Crippen molar-refractivity contribution in [2.24, 2.45) is 0 Å². The summed E-state index contributed by atoms with van der Waals surface area (Å²) in [6.45, 7) is 0. The van der Waals surface area contributed by atoms with Gasteiger partial charge in [0.1, 0.15) is 10.1 Å². The summed E-state index contributed by atoms with van der Waals surface area (Å²) in [5.41, 5.74) is -1.81. The highest BCUT2D eigenvalue weighted by atomic mass is 35.5. The molecule has 1 aromatic rings. The van der Waals surface area contributed by atoms with E-state index in [2.05, 4.69) is 0 Å². The van der Waals surface area contributed by atoms with Crippen molar-refractivity contribution in [2.75, 3.05) is 5.32 Å². The SMILES string of the molecule is O=C(Nc1c([N+](=O)[O-])cc(Cl)c(Cl)c1[N+](=O)[O-])/C(Cl)=C/Cl. The molecule has 0 bridgehead atoms. The number of nitro groups is 2. The van der Waals surface area contributed by atoms with Crippen LogP contribution in [0.2, 0.25) is 10.0 Å². The van der Waals surface area contributed by atoms with E-state index in [1.165, 1.54) is 0 Å². The molecule has 0 aromatic heterocycles. The molecule has 112 valence electrons. The second-order valence-corrected chi connectivity index (χ2v) is 4.75. The number of carbonyl (C=O) groups excluding carboxylic acids is 1. The van der Waals surface area contributed by atoms with E-state index in [1.807, 2.05) is 5.32 Å². The Morgan fingerprint density at radius 3 is 2.24 bits per heavy atom. The van der Waals surface area contributed by atoms with E-state index in [0.29, 0.717) is 5.54 Å². The average Bonchev–Trinajstić information content (AvgIpc) is 2.40. The first-order chi connectivity index (χ1) is 9.70. The average molecular weight is 375 g/mol. The monoisotopic (exact) mass is 373 g/mol. The van der Waals surface area contributed by atoms with Gasteiger partial charge in [0.15, 0.2) is 0 Å². The molecule has 0 radical (unpaired) electrons. The van der Waals surface area contributed by atoms with Crippen molar-refractivity contribution in [1.29, 1.82) is 0 Å². The van der Waals surface area contributed by atoms with Gasteiger partial charge in [-0.15, -0.1) is 0 Å². The molecule has 1 rings (SSSR count). The molecule has 0 saturated heterocycles. The van der Waals surface area contributed by atoms with Gasteiger partial charge in [0.05, 0.1) is 14.9 Å². The van der Waals surface area contributed by atoms with Gasteiger partial charge in [-0.2, -0.15) is 0 Å². The lowest BCUT2D eigenvalue weighted by Crippen LogP contribution is -2.14. The smallest absolute Gasteiger partial charge is 0.310 e. The molecule has 21 heavy (non-hydrogen) atoms. The predicted octanol–water partition coefficient (Wildman–Crippen LogP) is 4.07. The lowest BCUT2D eigenvalue weighted by atomic mass is 10.2. The molecule has 0 spiro atoms. The Labute approximate surface area is 136 Å². The minimum absolute atomic E-state index is 0.410. The van der Waals surface area contributed by atoms with Gasteiger partial charge in [-0.05, 0) is 0 Å². The zero-order valence-corrected chi connectivity index (χ0v) is 12.6. The first-order valence-electron chi connectivity index (χ1n) is 4.78. The van der Waals surface area contributed by atoms with Crippen LogP contribution in [0.5, 0.6) is 0 Å². The van der Waals surface area contributed by atoms with Crippen molar-refractivity contribution in [3.05, 3.63) is 46.9 Å². The number of benzene rings is 1. The van der Waals surface area contributed by atoms with E-state index < -0.39 is 47.9 Å². The van der Waals surface area contributed by atoms with Gasteiger partial charge in [0, 0.05) is 11.6 Å². The summed E-state index contributed by atoms with van der Waals surface area (Å²) in [5.74, 6) is -1.09. The van der Waals surface area contributed by atoms with Gasteiger partial charge in [-0.1, -0.05) is 46.4 Å². The number of nitrogens with zero attached hydrogens (tertiary/aromatic N) is 2. The van der Waals surface area contributed by atoms with Gasteiger partial charge >= 0.3 is 11.4 Å². The van der Waals surface area contributed by atoms with Crippen molar-refractivity contribution < 1.29 is 14.6 Å². The molecule has 0 aliphatic rings. The zero-order chi connectivity index (χ0) is 16.3. The number of carbonyl (C=O) groups is 1. The first kappa shape index (κ1) is 17.4. The van der Waals surface area contributed by atoms with E-state index in [0.717, 1.165) is 6.07 Å². The van der Waals surface area contributed by atoms with Crippen molar-refractivity contribution in [3.8, 4) is 0 Å². The van der Waals surface area contributed by atoms with Gasteiger partial charge in [0.2, 0.25) is 5.69 Å².